The Bertz CT molecular complexity index is 910. The number of likely N-dealkylation sites (N-methyl/N-ethyl adjacent to an activating group) is 1. The number of hydrogen-bond acceptors (Lipinski definition) is 2. The molecule has 3 amide bonds. The van der Waals surface area contributed by atoms with Crippen molar-refractivity contribution < 1.29 is 9.59 Å². The summed E-state index contributed by atoms with van der Waals surface area (Å²) in [6, 6.07) is 15.0. The van der Waals surface area contributed by atoms with Crippen molar-refractivity contribution in [2.24, 2.45) is 5.92 Å². The van der Waals surface area contributed by atoms with E-state index in [9.17, 15) is 9.59 Å². The van der Waals surface area contributed by atoms with Gasteiger partial charge in [0.1, 0.15) is 6.54 Å². The lowest BCUT2D eigenvalue weighted by Gasteiger charge is -2.38. The first-order valence-electron chi connectivity index (χ1n) is 10.1. The molecule has 2 aromatic carbocycles. The summed E-state index contributed by atoms with van der Waals surface area (Å²) < 4.78 is 0. The molecule has 0 aliphatic carbocycles. The molecule has 1 saturated heterocycles. The molecule has 0 saturated carbocycles. The summed E-state index contributed by atoms with van der Waals surface area (Å²) in [6.07, 6.45) is 1.98. The Kier molecular flexibility index (Phi) is 5.50. The van der Waals surface area contributed by atoms with Gasteiger partial charge in [0.25, 0.3) is 0 Å². The SMILES string of the molecule is CC1CCN(C(=O)N2CC(=O)N(C)c3ccc(Cl)cc3C2c2ccccc2)CC1. The number of piperidine rings is 1. The van der Waals surface area contributed by atoms with Crippen LogP contribution in [0.3, 0.4) is 0 Å². The molecule has 0 bridgehead atoms. The van der Waals surface area contributed by atoms with Crippen LogP contribution in [0.2, 0.25) is 5.02 Å². The van der Waals surface area contributed by atoms with Crippen molar-refractivity contribution in [2.75, 3.05) is 31.6 Å². The van der Waals surface area contributed by atoms with Crippen LogP contribution in [0.1, 0.15) is 36.9 Å². The number of benzene rings is 2. The normalized spacial score (nSPS) is 20.4. The van der Waals surface area contributed by atoms with Crippen molar-refractivity contribution in [3.05, 3.63) is 64.7 Å². The molecule has 152 valence electrons. The van der Waals surface area contributed by atoms with Crippen LogP contribution in [0.5, 0.6) is 0 Å². The molecular weight excluding hydrogens is 386 g/mol. The highest BCUT2D eigenvalue weighted by Gasteiger charge is 2.38. The fourth-order valence-electron chi connectivity index (χ4n) is 4.25. The Morgan fingerprint density at radius 2 is 1.76 bits per heavy atom. The Balaban J connectivity index is 1.82. The molecule has 0 aromatic heterocycles. The number of carbonyl (C=O) groups excluding carboxylic acids is 2. The monoisotopic (exact) mass is 411 g/mol. The van der Waals surface area contributed by atoms with E-state index in [-0.39, 0.29) is 24.5 Å². The quantitative estimate of drug-likeness (QED) is 0.690. The van der Waals surface area contributed by atoms with Crippen molar-refractivity contribution >= 4 is 29.2 Å². The lowest BCUT2D eigenvalue weighted by molar-refractivity contribution is -0.119. The predicted molar refractivity (Wildman–Crippen MR) is 115 cm³/mol. The molecule has 0 N–H and O–H groups in total. The standard InChI is InChI=1S/C23H26ClN3O2/c1-16-10-12-26(13-11-16)23(29)27-15-21(28)25(2)20-9-8-18(24)14-19(20)22(27)17-6-4-3-5-7-17/h3-9,14,16,22H,10-13,15H2,1-2H3. The Hall–Kier alpha value is -2.53. The maximum Gasteiger partial charge on any atom is 0.321 e. The smallest absolute Gasteiger partial charge is 0.321 e. The van der Waals surface area contributed by atoms with Crippen LogP contribution < -0.4 is 4.90 Å². The number of rotatable bonds is 1. The number of carbonyl (C=O) groups is 2. The molecule has 1 unspecified atom stereocenters. The van der Waals surface area contributed by atoms with Crippen LogP contribution in [0.15, 0.2) is 48.5 Å². The van der Waals surface area contributed by atoms with E-state index < -0.39 is 0 Å². The van der Waals surface area contributed by atoms with Gasteiger partial charge in [-0.3, -0.25) is 4.79 Å². The second-order valence-corrected chi connectivity index (χ2v) is 8.49. The van der Waals surface area contributed by atoms with Crippen LogP contribution in [0.25, 0.3) is 0 Å². The number of likely N-dealkylation sites (tertiary alicyclic amines) is 1. The number of fused-ring (bicyclic) bond motifs is 1. The minimum Gasteiger partial charge on any atom is -0.325 e. The predicted octanol–water partition coefficient (Wildman–Crippen LogP) is 4.56. The zero-order valence-corrected chi connectivity index (χ0v) is 17.6. The zero-order chi connectivity index (χ0) is 20.5. The second kappa shape index (κ2) is 8.07. The highest BCUT2D eigenvalue weighted by atomic mass is 35.5. The molecule has 0 spiro atoms. The summed E-state index contributed by atoms with van der Waals surface area (Å²) in [6.45, 7) is 3.71. The second-order valence-electron chi connectivity index (χ2n) is 8.05. The van der Waals surface area contributed by atoms with E-state index in [0.29, 0.717) is 10.9 Å². The van der Waals surface area contributed by atoms with Crippen LogP contribution in [-0.4, -0.2) is 48.4 Å². The number of amides is 3. The van der Waals surface area contributed by atoms with Gasteiger partial charge in [-0.1, -0.05) is 48.9 Å². The first-order chi connectivity index (χ1) is 14.0. The minimum atomic E-state index is -0.370. The van der Waals surface area contributed by atoms with Crippen molar-refractivity contribution in [1.29, 1.82) is 0 Å². The number of halogens is 1. The van der Waals surface area contributed by atoms with E-state index in [0.717, 1.165) is 42.7 Å². The van der Waals surface area contributed by atoms with Crippen molar-refractivity contribution in [3.8, 4) is 0 Å². The molecule has 4 rings (SSSR count). The average molecular weight is 412 g/mol. The molecule has 0 radical (unpaired) electrons. The lowest BCUT2D eigenvalue weighted by atomic mass is 9.95. The van der Waals surface area contributed by atoms with Gasteiger partial charge in [0.2, 0.25) is 5.91 Å². The highest BCUT2D eigenvalue weighted by Crippen LogP contribution is 2.39. The Morgan fingerprint density at radius 1 is 1.07 bits per heavy atom. The number of hydrogen-bond donors (Lipinski definition) is 0. The van der Waals surface area contributed by atoms with Gasteiger partial charge >= 0.3 is 6.03 Å². The maximum atomic E-state index is 13.6. The fraction of sp³-hybridized carbons (Fsp3) is 0.391. The fourth-order valence-corrected chi connectivity index (χ4v) is 4.43. The summed E-state index contributed by atoms with van der Waals surface area (Å²) in [4.78, 5) is 31.8. The minimum absolute atomic E-state index is 0.0350. The van der Waals surface area contributed by atoms with Crippen molar-refractivity contribution in [2.45, 2.75) is 25.8 Å². The average Bonchev–Trinajstić information content (AvgIpc) is 2.83. The summed E-state index contributed by atoms with van der Waals surface area (Å²) in [5.74, 6) is 0.520. The van der Waals surface area contributed by atoms with Gasteiger partial charge in [0, 0.05) is 36.4 Å². The number of nitrogens with zero attached hydrogens (tertiary/aromatic N) is 3. The molecule has 29 heavy (non-hydrogen) atoms. The number of urea groups is 1. The Morgan fingerprint density at radius 3 is 2.45 bits per heavy atom. The molecular formula is C23H26ClN3O2. The van der Waals surface area contributed by atoms with Gasteiger partial charge in [-0.05, 0) is 42.5 Å². The summed E-state index contributed by atoms with van der Waals surface area (Å²) in [5, 5.41) is 0.589. The third kappa shape index (κ3) is 3.84. The molecule has 2 aliphatic heterocycles. The maximum absolute atomic E-state index is 13.6. The highest BCUT2D eigenvalue weighted by molar-refractivity contribution is 6.30. The van der Waals surface area contributed by atoms with E-state index in [1.165, 1.54) is 0 Å². The van der Waals surface area contributed by atoms with Crippen LogP contribution in [0.4, 0.5) is 10.5 Å². The van der Waals surface area contributed by atoms with Crippen LogP contribution >= 0.6 is 11.6 Å². The summed E-state index contributed by atoms with van der Waals surface area (Å²) in [5.41, 5.74) is 2.63. The largest absolute Gasteiger partial charge is 0.325 e. The van der Waals surface area contributed by atoms with Crippen LogP contribution in [-0.2, 0) is 4.79 Å². The number of anilines is 1. The summed E-state index contributed by atoms with van der Waals surface area (Å²) >= 11 is 6.34. The van der Waals surface area contributed by atoms with Crippen LogP contribution in [0, 0.1) is 5.92 Å². The molecule has 1 fully saturated rings. The third-order valence-electron chi connectivity index (χ3n) is 6.05. The molecule has 2 aliphatic rings. The van der Waals surface area contributed by atoms with E-state index >= 15 is 0 Å². The zero-order valence-electron chi connectivity index (χ0n) is 16.8. The first kappa shape index (κ1) is 19.8. The van der Waals surface area contributed by atoms with E-state index in [1.54, 1.807) is 22.9 Å². The van der Waals surface area contributed by atoms with Gasteiger partial charge in [-0.2, -0.15) is 0 Å². The third-order valence-corrected chi connectivity index (χ3v) is 6.29. The molecule has 6 heteroatoms. The van der Waals surface area contributed by atoms with Gasteiger partial charge in [-0.15, -0.1) is 0 Å². The Labute approximate surface area is 176 Å². The molecule has 2 heterocycles. The molecule has 1 atom stereocenters. The topological polar surface area (TPSA) is 43.9 Å². The summed E-state index contributed by atoms with van der Waals surface area (Å²) in [7, 11) is 1.76. The molecule has 2 aromatic rings. The lowest BCUT2D eigenvalue weighted by Crippen LogP contribution is -2.49. The van der Waals surface area contributed by atoms with Crippen molar-refractivity contribution in [3.63, 3.8) is 0 Å². The van der Waals surface area contributed by atoms with Gasteiger partial charge < -0.3 is 14.7 Å². The van der Waals surface area contributed by atoms with Gasteiger partial charge in [0.15, 0.2) is 0 Å². The van der Waals surface area contributed by atoms with Gasteiger partial charge in [-0.25, -0.2) is 4.79 Å². The van der Waals surface area contributed by atoms with E-state index in [4.69, 9.17) is 11.6 Å². The first-order valence-corrected chi connectivity index (χ1v) is 10.5. The van der Waals surface area contributed by atoms with Gasteiger partial charge in [0.05, 0.1) is 6.04 Å². The van der Waals surface area contributed by atoms with E-state index in [2.05, 4.69) is 6.92 Å². The van der Waals surface area contributed by atoms with E-state index in [1.807, 2.05) is 47.4 Å². The van der Waals surface area contributed by atoms with Crippen molar-refractivity contribution in [1.82, 2.24) is 9.80 Å². The molecule has 5 nitrogen and oxygen atoms in total.